The average Bonchev–Trinajstić information content (AvgIpc) is 3.27. The number of amides is 3. The van der Waals surface area contributed by atoms with E-state index >= 15 is 0 Å². The van der Waals surface area contributed by atoms with E-state index in [-0.39, 0.29) is 29.4 Å². The summed E-state index contributed by atoms with van der Waals surface area (Å²) >= 11 is 1.52. The smallest absolute Gasteiger partial charge is 0.408 e. The number of fused-ring (bicyclic) bond motifs is 1. The van der Waals surface area contributed by atoms with Crippen molar-refractivity contribution >= 4 is 57.6 Å². The van der Waals surface area contributed by atoms with Crippen LogP contribution in [0.5, 0.6) is 0 Å². The summed E-state index contributed by atoms with van der Waals surface area (Å²) < 4.78 is 4.87. The fourth-order valence-electron chi connectivity index (χ4n) is 7.23. The molecule has 7 rings (SSSR count). The van der Waals surface area contributed by atoms with E-state index in [1.807, 2.05) is 103 Å². The Hall–Kier alpha value is -6.97. The third-order valence-electron chi connectivity index (χ3n) is 10.0. The monoisotopic (exact) mass is 825 g/mol. The number of ether oxygens (including phenoxy) is 1. The molecule has 0 unspecified atom stereocenters. The highest BCUT2D eigenvalue weighted by atomic mass is 32.2. The third-order valence-corrected chi connectivity index (χ3v) is 11.7. The van der Waals surface area contributed by atoms with E-state index in [9.17, 15) is 19.2 Å². The lowest BCUT2D eigenvalue weighted by atomic mass is 9.84. The molecule has 306 valence electrons. The molecule has 7 aromatic rings. The summed E-state index contributed by atoms with van der Waals surface area (Å²) in [7, 11) is 0. The number of thioether (sulfide) groups is 1. The minimum absolute atomic E-state index is 0.0917. The van der Waals surface area contributed by atoms with Gasteiger partial charge in [0.25, 0.3) is 0 Å². The summed E-state index contributed by atoms with van der Waals surface area (Å²) in [5.41, 5.74) is 4.21. The molecule has 61 heavy (non-hydrogen) atoms. The molecule has 0 spiro atoms. The van der Waals surface area contributed by atoms with Crippen LogP contribution in [0.25, 0.3) is 10.8 Å². The number of nitrogens with one attached hydrogen (secondary N) is 3. The molecule has 0 aliphatic rings. The Morgan fingerprint density at radius 1 is 0.590 bits per heavy atom. The highest BCUT2D eigenvalue weighted by Crippen LogP contribution is 2.48. The van der Waals surface area contributed by atoms with Crippen LogP contribution < -0.4 is 16.0 Å². The van der Waals surface area contributed by atoms with Crippen molar-refractivity contribution < 1.29 is 23.9 Å². The molecule has 7 aromatic carbocycles. The first-order valence-corrected chi connectivity index (χ1v) is 21.1. The van der Waals surface area contributed by atoms with Crippen LogP contribution in [-0.4, -0.2) is 41.1 Å². The summed E-state index contributed by atoms with van der Waals surface area (Å²) in [6, 6.07) is 56.5. The molecule has 0 heterocycles. The number of ketones is 1. The van der Waals surface area contributed by atoms with Gasteiger partial charge in [0.2, 0.25) is 11.8 Å². The molecule has 3 amide bonds. The quantitative estimate of drug-likeness (QED) is 0.0743. The molecule has 9 heteroatoms. The first-order chi connectivity index (χ1) is 29.5. The minimum Gasteiger partial charge on any atom is -0.444 e. The normalized spacial score (nSPS) is 11.9. The second-order valence-corrected chi connectivity index (χ2v) is 16.9. The second kappa shape index (κ2) is 19.0. The van der Waals surface area contributed by atoms with Gasteiger partial charge in [-0.3, -0.25) is 14.4 Å². The molecule has 8 nitrogen and oxygen atoms in total. The Bertz CT molecular complexity index is 2540. The van der Waals surface area contributed by atoms with Crippen molar-refractivity contribution in [3.63, 3.8) is 0 Å². The summed E-state index contributed by atoms with van der Waals surface area (Å²) in [6.45, 7) is 5.28. The maximum atomic E-state index is 14.5. The molecule has 0 aromatic heterocycles. The predicted molar refractivity (Wildman–Crippen MR) is 246 cm³/mol. The van der Waals surface area contributed by atoms with Crippen LogP contribution in [0.3, 0.4) is 0 Å². The summed E-state index contributed by atoms with van der Waals surface area (Å²) in [5, 5.41) is 10.8. The van der Waals surface area contributed by atoms with E-state index in [0.29, 0.717) is 16.9 Å². The molecule has 1 atom stereocenters. The molecule has 0 bridgehead atoms. The number of rotatable bonds is 14. The Kier molecular flexibility index (Phi) is 13.1. The SMILES string of the molecule is CC(C)(C)OC(=O)N[C@@H](CSC(c1ccccc1)(c1ccccc1)c1ccccc1)C(=O)Nc1ccc(NC(=O)Cc2ccc3ccccc3c2)c(C(=O)c2ccccc2)c1. The largest absolute Gasteiger partial charge is 0.444 e. The highest BCUT2D eigenvalue weighted by Gasteiger charge is 2.39. The Morgan fingerprint density at radius 2 is 1.13 bits per heavy atom. The first kappa shape index (κ1) is 42.2. The maximum Gasteiger partial charge on any atom is 0.408 e. The number of carbonyl (C=O) groups is 4. The standard InChI is InChI=1S/C52H47N3O5S/c1-51(2,3)60-50(59)55-46(35-61-52(40-22-10-5-11-23-40,41-24-12-6-13-25-41)42-26-14-7-15-27-42)49(58)53-43-30-31-45(44(34-43)48(57)38-19-8-4-9-20-38)54-47(56)33-36-28-29-37-18-16-17-21-39(37)32-36/h4-32,34,46H,33,35H2,1-3H3,(H,53,58)(H,54,56)(H,55,59)/t46-/m0/s1. The molecule has 0 fully saturated rings. The summed E-state index contributed by atoms with van der Waals surface area (Å²) in [6.07, 6.45) is -0.656. The lowest BCUT2D eigenvalue weighted by Gasteiger charge is -2.36. The number of anilines is 2. The molecular weight excluding hydrogens is 779 g/mol. The van der Waals surface area contributed by atoms with Crippen molar-refractivity contribution in [2.45, 2.75) is 43.6 Å². The molecule has 0 saturated heterocycles. The molecular formula is C52H47N3O5S. The molecule has 0 aliphatic heterocycles. The number of carbonyl (C=O) groups excluding carboxylic acids is 4. The van der Waals surface area contributed by atoms with Crippen LogP contribution in [0, 0.1) is 0 Å². The lowest BCUT2D eigenvalue weighted by Crippen LogP contribution is -2.48. The Balaban J connectivity index is 1.20. The zero-order chi connectivity index (χ0) is 42.8. The van der Waals surface area contributed by atoms with Gasteiger partial charge in [-0.25, -0.2) is 4.79 Å². The molecule has 0 saturated carbocycles. The lowest BCUT2D eigenvalue weighted by molar-refractivity contribution is -0.118. The van der Waals surface area contributed by atoms with Gasteiger partial charge < -0.3 is 20.7 Å². The van der Waals surface area contributed by atoms with Crippen molar-refractivity contribution in [3.8, 4) is 0 Å². The second-order valence-electron chi connectivity index (χ2n) is 15.6. The van der Waals surface area contributed by atoms with Crippen molar-refractivity contribution in [3.05, 3.63) is 215 Å². The molecule has 0 aliphatic carbocycles. The zero-order valence-electron chi connectivity index (χ0n) is 34.3. The summed E-state index contributed by atoms with van der Waals surface area (Å²) in [5.74, 6) is -1.03. The third kappa shape index (κ3) is 10.4. The van der Waals surface area contributed by atoms with E-state index in [0.717, 1.165) is 33.0 Å². The first-order valence-electron chi connectivity index (χ1n) is 20.1. The Labute approximate surface area is 360 Å². The van der Waals surface area contributed by atoms with Crippen LogP contribution in [0.4, 0.5) is 16.2 Å². The van der Waals surface area contributed by atoms with Gasteiger partial charge in [-0.1, -0.05) is 164 Å². The van der Waals surface area contributed by atoms with Crippen LogP contribution >= 0.6 is 11.8 Å². The number of alkyl carbamates (subject to hydrolysis) is 1. The fraction of sp³-hybridized carbons (Fsp3) is 0.154. The van der Waals surface area contributed by atoms with Gasteiger partial charge in [-0.2, -0.15) is 0 Å². The van der Waals surface area contributed by atoms with Gasteiger partial charge in [-0.15, -0.1) is 11.8 Å². The van der Waals surface area contributed by atoms with Crippen LogP contribution in [0.15, 0.2) is 182 Å². The van der Waals surface area contributed by atoms with Crippen molar-refractivity contribution in [2.75, 3.05) is 16.4 Å². The van der Waals surface area contributed by atoms with Gasteiger partial charge in [-0.05, 0) is 72.0 Å². The van der Waals surface area contributed by atoms with Gasteiger partial charge in [0.1, 0.15) is 11.6 Å². The average molecular weight is 826 g/mol. The zero-order valence-corrected chi connectivity index (χ0v) is 35.1. The van der Waals surface area contributed by atoms with Gasteiger partial charge in [0.05, 0.1) is 16.9 Å². The predicted octanol–water partition coefficient (Wildman–Crippen LogP) is 10.8. The molecule has 0 radical (unpaired) electrons. The highest BCUT2D eigenvalue weighted by molar-refractivity contribution is 8.00. The van der Waals surface area contributed by atoms with Gasteiger partial charge in [0.15, 0.2) is 5.78 Å². The summed E-state index contributed by atoms with van der Waals surface area (Å²) in [4.78, 5) is 55.5. The van der Waals surface area contributed by atoms with E-state index in [2.05, 4.69) is 52.3 Å². The van der Waals surface area contributed by atoms with E-state index in [4.69, 9.17) is 4.74 Å². The number of hydrogen-bond acceptors (Lipinski definition) is 6. The minimum atomic E-state index is -1.09. The van der Waals surface area contributed by atoms with Gasteiger partial charge >= 0.3 is 6.09 Å². The molecule has 3 N–H and O–H groups in total. The van der Waals surface area contributed by atoms with Crippen LogP contribution in [0.1, 0.15) is 58.9 Å². The van der Waals surface area contributed by atoms with Crippen molar-refractivity contribution in [1.29, 1.82) is 0 Å². The van der Waals surface area contributed by atoms with E-state index in [1.165, 1.54) is 11.8 Å². The van der Waals surface area contributed by atoms with E-state index < -0.39 is 28.4 Å². The van der Waals surface area contributed by atoms with Crippen molar-refractivity contribution in [2.24, 2.45) is 0 Å². The Morgan fingerprint density at radius 3 is 1.70 bits per heavy atom. The van der Waals surface area contributed by atoms with Gasteiger partial charge in [0, 0.05) is 22.6 Å². The fourth-order valence-corrected chi connectivity index (χ4v) is 8.79. The van der Waals surface area contributed by atoms with Crippen LogP contribution in [0.2, 0.25) is 0 Å². The number of benzene rings is 7. The number of hydrogen-bond donors (Lipinski definition) is 3. The van der Waals surface area contributed by atoms with Crippen molar-refractivity contribution in [1.82, 2.24) is 5.32 Å². The van der Waals surface area contributed by atoms with E-state index in [1.54, 1.807) is 63.2 Å². The van der Waals surface area contributed by atoms with Crippen LogP contribution in [-0.2, 0) is 25.5 Å². The topological polar surface area (TPSA) is 114 Å². The maximum absolute atomic E-state index is 14.5.